The second kappa shape index (κ2) is 6.45. The van der Waals surface area contributed by atoms with Crippen LogP contribution in [-0.4, -0.2) is 24.3 Å². The van der Waals surface area contributed by atoms with E-state index in [1.54, 1.807) is 0 Å². The second-order valence-electron chi connectivity index (χ2n) is 6.37. The van der Waals surface area contributed by atoms with E-state index >= 15 is 0 Å². The van der Waals surface area contributed by atoms with Gasteiger partial charge in [0.1, 0.15) is 0 Å². The molecule has 1 aliphatic heterocycles. The molecule has 0 radical (unpaired) electrons. The van der Waals surface area contributed by atoms with E-state index in [0.717, 1.165) is 12.8 Å². The number of hydrogen-bond donors (Lipinski definition) is 0. The summed E-state index contributed by atoms with van der Waals surface area (Å²) >= 11 is 0. The summed E-state index contributed by atoms with van der Waals surface area (Å²) in [5.41, 5.74) is 3.85. The molecule has 0 bridgehead atoms. The van der Waals surface area contributed by atoms with Crippen molar-refractivity contribution in [2.45, 2.75) is 25.8 Å². The minimum absolute atomic E-state index is 0.105. The number of aryl methyl sites for hydroxylation is 2. The van der Waals surface area contributed by atoms with E-state index in [1.807, 2.05) is 6.07 Å². The van der Waals surface area contributed by atoms with Crippen molar-refractivity contribution in [2.75, 3.05) is 13.6 Å². The number of carbonyl (C=O) groups excluding carboxylic acids is 1. The summed E-state index contributed by atoms with van der Waals surface area (Å²) in [5.74, 6) is 0.483. The molecular weight excluding hydrogens is 270 g/mol. The number of hydrogen-bond acceptors (Lipinski definition) is 2. The zero-order chi connectivity index (χ0) is 15.5. The Morgan fingerprint density at radius 1 is 1.05 bits per heavy atom. The highest BCUT2D eigenvalue weighted by Gasteiger charge is 2.38. The molecule has 2 nitrogen and oxygen atoms in total. The van der Waals surface area contributed by atoms with Crippen molar-refractivity contribution in [2.24, 2.45) is 5.92 Å². The molecule has 1 saturated heterocycles. The molecule has 22 heavy (non-hydrogen) atoms. The molecule has 2 aromatic carbocycles. The van der Waals surface area contributed by atoms with Crippen LogP contribution in [0.5, 0.6) is 0 Å². The highest BCUT2D eigenvalue weighted by Crippen LogP contribution is 2.36. The molecule has 1 heterocycles. The summed E-state index contributed by atoms with van der Waals surface area (Å²) in [5, 5.41) is 0. The van der Waals surface area contributed by atoms with Gasteiger partial charge in [-0.3, -0.25) is 9.69 Å². The number of rotatable bonds is 4. The van der Waals surface area contributed by atoms with E-state index in [-0.39, 0.29) is 12.0 Å². The van der Waals surface area contributed by atoms with Crippen LogP contribution in [0.3, 0.4) is 0 Å². The average Bonchev–Trinajstić information content (AvgIpc) is 2.81. The van der Waals surface area contributed by atoms with Crippen molar-refractivity contribution in [1.29, 1.82) is 0 Å². The largest absolute Gasteiger partial charge is 0.298 e. The standard InChI is InChI=1S/C20H23NO/c1-15-8-10-16(11-9-15)12-13-18-19(22)14-21(2)20(18)17-6-4-3-5-7-17/h3-11,18,20H,12-14H2,1-2H3. The van der Waals surface area contributed by atoms with E-state index in [1.165, 1.54) is 16.7 Å². The van der Waals surface area contributed by atoms with Gasteiger partial charge < -0.3 is 0 Å². The Hall–Kier alpha value is -1.93. The van der Waals surface area contributed by atoms with Gasteiger partial charge in [-0.2, -0.15) is 0 Å². The van der Waals surface area contributed by atoms with E-state index in [9.17, 15) is 4.79 Å². The van der Waals surface area contributed by atoms with Gasteiger partial charge in [-0.25, -0.2) is 0 Å². The van der Waals surface area contributed by atoms with Gasteiger partial charge in [0.15, 0.2) is 5.78 Å². The lowest BCUT2D eigenvalue weighted by Crippen LogP contribution is -2.21. The Labute approximate surface area is 132 Å². The summed E-state index contributed by atoms with van der Waals surface area (Å²) in [6.07, 6.45) is 1.89. The number of carbonyl (C=O) groups is 1. The predicted molar refractivity (Wildman–Crippen MR) is 89.8 cm³/mol. The van der Waals surface area contributed by atoms with Gasteiger partial charge in [-0.15, -0.1) is 0 Å². The molecule has 0 saturated carbocycles. The topological polar surface area (TPSA) is 20.3 Å². The monoisotopic (exact) mass is 293 g/mol. The lowest BCUT2D eigenvalue weighted by atomic mass is 9.88. The molecular formula is C20H23NO. The fraction of sp³-hybridized carbons (Fsp3) is 0.350. The quantitative estimate of drug-likeness (QED) is 0.854. The molecule has 1 aliphatic rings. The van der Waals surface area contributed by atoms with Crippen LogP contribution in [0.2, 0.25) is 0 Å². The number of likely N-dealkylation sites (N-methyl/N-ethyl adjacent to an activating group) is 1. The summed E-state index contributed by atoms with van der Waals surface area (Å²) in [7, 11) is 2.06. The van der Waals surface area contributed by atoms with Crippen LogP contribution in [0.1, 0.15) is 29.2 Å². The Morgan fingerprint density at radius 2 is 1.73 bits per heavy atom. The van der Waals surface area contributed by atoms with E-state index < -0.39 is 0 Å². The van der Waals surface area contributed by atoms with Crippen molar-refractivity contribution in [3.8, 4) is 0 Å². The van der Waals surface area contributed by atoms with Crippen LogP contribution >= 0.6 is 0 Å². The van der Waals surface area contributed by atoms with Crippen LogP contribution in [-0.2, 0) is 11.2 Å². The maximum Gasteiger partial charge on any atom is 0.151 e. The lowest BCUT2D eigenvalue weighted by molar-refractivity contribution is -0.120. The van der Waals surface area contributed by atoms with Crippen LogP contribution in [0.25, 0.3) is 0 Å². The molecule has 0 aliphatic carbocycles. The minimum Gasteiger partial charge on any atom is -0.298 e. The first-order valence-electron chi connectivity index (χ1n) is 7.98. The number of nitrogens with zero attached hydrogens (tertiary/aromatic N) is 1. The summed E-state index contributed by atoms with van der Waals surface area (Å²) < 4.78 is 0. The fourth-order valence-electron chi connectivity index (χ4n) is 3.48. The average molecular weight is 293 g/mol. The summed E-state index contributed by atoms with van der Waals surface area (Å²) in [6.45, 7) is 2.67. The molecule has 0 amide bonds. The highest BCUT2D eigenvalue weighted by atomic mass is 16.1. The highest BCUT2D eigenvalue weighted by molar-refractivity contribution is 5.86. The Kier molecular flexibility index (Phi) is 4.39. The third-order valence-corrected chi connectivity index (χ3v) is 4.68. The van der Waals surface area contributed by atoms with Crippen molar-refractivity contribution >= 4 is 5.78 Å². The van der Waals surface area contributed by atoms with Crippen LogP contribution in [0, 0.1) is 12.8 Å². The van der Waals surface area contributed by atoms with Gasteiger partial charge in [0, 0.05) is 12.0 Å². The first-order valence-corrected chi connectivity index (χ1v) is 7.98. The Bertz CT molecular complexity index is 633. The smallest absolute Gasteiger partial charge is 0.151 e. The number of ketones is 1. The van der Waals surface area contributed by atoms with Gasteiger partial charge in [0.25, 0.3) is 0 Å². The van der Waals surface area contributed by atoms with E-state index in [0.29, 0.717) is 12.3 Å². The first kappa shape index (κ1) is 15.0. The van der Waals surface area contributed by atoms with Crippen LogP contribution < -0.4 is 0 Å². The van der Waals surface area contributed by atoms with Gasteiger partial charge in [0.05, 0.1) is 6.54 Å². The minimum atomic E-state index is 0.105. The molecule has 2 unspecified atom stereocenters. The molecule has 0 spiro atoms. The normalized spacial score (nSPS) is 22.2. The number of Topliss-reactive ketones (excluding diaryl/α,β-unsaturated/α-hetero) is 1. The third kappa shape index (κ3) is 3.12. The molecule has 3 rings (SSSR count). The van der Waals surface area contributed by atoms with Crippen molar-refractivity contribution < 1.29 is 4.79 Å². The molecule has 0 N–H and O–H groups in total. The van der Waals surface area contributed by atoms with E-state index in [2.05, 4.69) is 67.4 Å². The fourth-order valence-corrected chi connectivity index (χ4v) is 3.48. The Balaban J connectivity index is 1.75. The van der Waals surface area contributed by atoms with Crippen LogP contribution in [0.4, 0.5) is 0 Å². The number of benzene rings is 2. The molecule has 114 valence electrons. The molecule has 1 fully saturated rings. The molecule has 2 aromatic rings. The van der Waals surface area contributed by atoms with E-state index in [4.69, 9.17) is 0 Å². The van der Waals surface area contributed by atoms with Gasteiger partial charge >= 0.3 is 0 Å². The number of likely N-dealkylation sites (tertiary alicyclic amines) is 1. The van der Waals surface area contributed by atoms with Crippen molar-refractivity contribution in [3.63, 3.8) is 0 Å². The molecule has 2 atom stereocenters. The molecule has 0 aromatic heterocycles. The first-order chi connectivity index (χ1) is 10.6. The second-order valence-corrected chi connectivity index (χ2v) is 6.37. The predicted octanol–water partition coefficient (Wildman–Crippen LogP) is 3.80. The SMILES string of the molecule is Cc1ccc(CCC2C(=O)CN(C)C2c2ccccc2)cc1. The van der Waals surface area contributed by atoms with Gasteiger partial charge in [0.2, 0.25) is 0 Å². The summed E-state index contributed by atoms with van der Waals surface area (Å²) in [4.78, 5) is 14.6. The van der Waals surface area contributed by atoms with Gasteiger partial charge in [-0.1, -0.05) is 60.2 Å². The van der Waals surface area contributed by atoms with Crippen molar-refractivity contribution in [3.05, 3.63) is 71.3 Å². The van der Waals surface area contributed by atoms with Gasteiger partial charge in [-0.05, 0) is 37.9 Å². The maximum absolute atomic E-state index is 12.4. The van der Waals surface area contributed by atoms with Crippen molar-refractivity contribution in [1.82, 2.24) is 4.90 Å². The zero-order valence-electron chi connectivity index (χ0n) is 13.3. The Morgan fingerprint density at radius 3 is 2.41 bits per heavy atom. The summed E-state index contributed by atoms with van der Waals surface area (Å²) in [6, 6.07) is 19.3. The lowest BCUT2D eigenvalue weighted by Gasteiger charge is -2.24. The molecule has 2 heteroatoms. The maximum atomic E-state index is 12.4. The third-order valence-electron chi connectivity index (χ3n) is 4.68. The zero-order valence-corrected chi connectivity index (χ0v) is 13.3. The van der Waals surface area contributed by atoms with Crippen LogP contribution in [0.15, 0.2) is 54.6 Å².